The highest BCUT2D eigenvalue weighted by atomic mass is 16.5. The van der Waals surface area contributed by atoms with Gasteiger partial charge < -0.3 is 19.4 Å². The largest absolute Gasteiger partial charge is 0.494 e. The molecule has 5 aromatic rings. The molecule has 0 saturated carbocycles. The smallest absolute Gasteiger partial charge is 0.331 e. The maximum absolute atomic E-state index is 12.6. The van der Waals surface area contributed by atoms with Crippen molar-refractivity contribution in [3.05, 3.63) is 108 Å². The van der Waals surface area contributed by atoms with Crippen LogP contribution in [0.4, 0.5) is 0 Å². The van der Waals surface area contributed by atoms with E-state index >= 15 is 0 Å². The van der Waals surface area contributed by atoms with Gasteiger partial charge in [0.05, 0.1) is 5.69 Å². The minimum atomic E-state index is -0.827. The molecule has 0 aliphatic rings. The Kier molecular flexibility index (Phi) is 6.25. The van der Waals surface area contributed by atoms with Crippen molar-refractivity contribution in [1.82, 2.24) is 4.57 Å². The fraction of sp³-hybridized carbons (Fsp3) is 0.0714. The van der Waals surface area contributed by atoms with Crippen LogP contribution in [0.15, 0.2) is 99.6 Å². The minimum absolute atomic E-state index is 0.0812. The number of aromatic nitrogens is 1. The summed E-state index contributed by atoms with van der Waals surface area (Å²) in [7, 11) is 0. The third kappa shape index (κ3) is 4.70. The molecule has 0 aliphatic carbocycles. The molecular formula is C28H21N3O6. The molecule has 184 valence electrons. The Hall–Kier alpha value is -5.18. The van der Waals surface area contributed by atoms with E-state index in [1.807, 2.05) is 37.3 Å². The SMILES string of the molecule is Cc1ccccc1-n1c(O)c2ccc(C(=O)N=NC(=O)c3ccc(COc4ccccc4)o3)cc2c1O. The van der Waals surface area contributed by atoms with E-state index in [-0.39, 0.29) is 35.1 Å². The minimum Gasteiger partial charge on any atom is -0.494 e. The van der Waals surface area contributed by atoms with Gasteiger partial charge in [-0.2, -0.15) is 0 Å². The first kappa shape index (κ1) is 23.6. The Morgan fingerprint density at radius 1 is 0.838 bits per heavy atom. The molecule has 0 unspecified atom stereocenters. The molecule has 2 heterocycles. The van der Waals surface area contributed by atoms with Gasteiger partial charge in [0.15, 0.2) is 5.76 Å². The van der Waals surface area contributed by atoms with Crippen molar-refractivity contribution >= 4 is 22.6 Å². The number of hydrogen-bond acceptors (Lipinski definition) is 6. The topological polar surface area (TPSA) is 127 Å². The van der Waals surface area contributed by atoms with Crippen LogP contribution < -0.4 is 4.74 Å². The van der Waals surface area contributed by atoms with Gasteiger partial charge in [0.2, 0.25) is 11.8 Å². The molecule has 0 fully saturated rings. The zero-order chi connectivity index (χ0) is 25.9. The number of aromatic hydroxyl groups is 2. The van der Waals surface area contributed by atoms with Gasteiger partial charge in [-0.3, -0.25) is 14.2 Å². The normalized spacial score (nSPS) is 11.3. The van der Waals surface area contributed by atoms with Crippen molar-refractivity contribution in [3.63, 3.8) is 0 Å². The standard InChI is InChI=1S/C28H21N3O6/c1-17-7-5-6-10-23(17)31-27(34)21-13-11-18(15-22(21)28(31)35)25(32)29-30-26(33)24-14-12-20(37-24)16-36-19-8-3-2-4-9-19/h2-15,34-35H,16H2,1H3. The highest BCUT2D eigenvalue weighted by Gasteiger charge is 2.20. The van der Waals surface area contributed by atoms with Crippen molar-refractivity contribution < 1.29 is 29.0 Å². The number of rotatable bonds is 6. The molecule has 3 aromatic carbocycles. The molecule has 0 aliphatic heterocycles. The van der Waals surface area contributed by atoms with Gasteiger partial charge in [-0.05, 0) is 61.0 Å². The number of carbonyl (C=O) groups is 2. The van der Waals surface area contributed by atoms with E-state index in [2.05, 4.69) is 10.2 Å². The van der Waals surface area contributed by atoms with Crippen molar-refractivity contribution in [3.8, 4) is 23.2 Å². The van der Waals surface area contributed by atoms with Crippen LogP contribution in [0.3, 0.4) is 0 Å². The quantitative estimate of drug-likeness (QED) is 0.280. The number of nitrogens with zero attached hydrogens (tertiary/aromatic N) is 3. The Morgan fingerprint density at radius 2 is 1.54 bits per heavy atom. The number of benzene rings is 3. The predicted octanol–water partition coefficient (Wildman–Crippen LogP) is 5.95. The summed E-state index contributed by atoms with van der Waals surface area (Å²) in [5, 5.41) is 29.1. The second-order valence-electron chi connectivity index (χ2n) is 8.21. The van der Waals surface area contributed by atoms with Gasteiger partial charge in [-0.15, -0.1) is 5.11 Å². The number of ether oxygens (including phenoxy) is 1. The van der Waals surface area contributed by atoms with Crippen molar-refractivity contribution in [2.45, 2.75) is 13.5 Å². The Balaban J connectivity index is 1.32. The highest BCUT2D eigenvalue weighted by molar-refractivity contribution is 6.03. The molecule has 0 spiro atoms. The van der Waals surface area contributed by atoms with Gasteiger partial charge in [0, 0.05) is 16.3 Å². The van der Waals surface area contributed by atoms with Crippen LogP contribution in [0, 0.1) is 6.92 Å². The van der Waals surface area contributed by atoms with Crippen LogP contribution >= 0.6 is 0 Å². The van der Waals surface area contributed by atoms with Gasteiger partial charge in [0.25, 0.3) is 5.91 Å². The van der Waals surface area contributed by atoms with Crippen molar-refractivity contribution in [1.29, 1.82) is 0 Å². The number of hydrogen-bond donors (Lipinski definition) is 2. The maximum Gasteiger partial charge on any atom is 0.331 e. The van der Waals surface area contributed by atoms with Crippen LogP contribution in [-0.4, -0.2) is 26.6 Å². The van der Waals surface area contributed by atoms with Crippen LogP contribution in [0.25, 0.3) is 16.5 Å². The molecule has 5 rings (SSSR count). The number of amides is 2. The summed E-state index contributed by atoms with van der Waals surface area (Å²) in [6.07, 6.45) is 0. The Labute approximate surface area is 210 Å². The molecule has 0 bridgehead atoms. The summed E-state index contributed by atoms with van der Waals surface area (Å²) in [5.41, 5.74) is 1.52. The lowest BCUT2D eigenvalue weighted by Gasteiger charge is -2.09. The number of fused-ring (bicyclic) bond motifs is 1. The lowest BCUT2D eigenvalue weighted by Crippen LogP contribution is -1.97. The van der Waals surface area contributed by atoms with Crippen LogP contribution in [0.5, 0.6) is 17.5 Å². The summed E-state index contributed by atoms with van der Waals surface area (Å²) in [6.45, 7) is 1.97. The molecule has 0 atom stereocenters. The predicted molar refractivity (Wildman–Crippen MR) is 134 cm³/mol. The monoisotopic (exact) mass is 495 g/mol. The number of aryl methyl sites for hydroxylation is 1. The average Bonchev–Trinajstić information content (AvgIpc) is 3.49. The fourth-order valence-electron chi connectivity index (χ4n) is 3.88. The third-order valence-electron chi connectivity index (χ3n) is 5.76. The highest BCUT2D eigenvalue weighted by Crippen LogP contribution is 2.40. The van der Waals surface area contributed by atoms with Gasteiger partial charge in [0.1, 0.15) is 18.1 Å². The first-order valence-electron chi connectivity index (χ1n) is 11.3. The lowest BCUT2D eigenvalue weighted by atomic mass is 10.1. The van der Waals surface area contributed by atoms with E-state index in [4.69, 9.17) is 9.15 Å². The number of carbonyl (C=O) groups excluding carboxylic acids is 2. The molecule has 2 aromatic heterocycles. The second kappa shape index (κ2) is 9.82. The van der Waals surface area contributed by atoms with Gasteiger partial charge >= 0.3 is 5.91 Å². The Bertz CT molecular complexity index is 1650. The summed E-state index contributed by atoms with van der Waals surface area (Å²) >= 11 is 0. The number of furan rings is 1. The zero-order valence-corrected chi connectivity index (χ0v) is 19.7. The van der Waals surface area contributed by atoms with E-state index in [0.29, 0.717) is 22.6 Å². The first-order chi connectivity index (χ1) is 17.9. The van der Waals surface area contributed by atoms with E-state index in [1.165, 1.54) is 28.8 Å². The van der Waals surface area contributed by atoms with E-state index in [0.717, 1.165) is 5.56 Å². The van der Waals surface area contributed by atoms with E-state index < -0.39 is 11.8 Å². The van der Waals surface area contributed by atoms with Crippen LogP contribution in [-0.2, 0) is 6.61 Å². The lowest BCUT2D eigenvalue weighted by molar-refractivity contribution is 0.0929. The second-order valence-corrected chi connectivity index (χ2v) is 8.21. The number of para-hydroxylation sites is 2. The molecule has 37 heavy (non-hydrogen) atoms. The Morgan fingerprint density at radius 3 is 2.32 bits per heavy atom. The molecular weight excluding hydrogens is 474 g/mol. The van der Waals surface area contributed by atoms with Gasteiger partial charge in [-0.1, -0.05) is 41.5 Å². The van der Waals surface area contributed by atoms with E-state index in [1.54, 1.807) is 30.3 Å². The molecule has 9 nitrogen and oxygen atoms in total. The van der Waals surface area contributed by atoms with Crippen LogP contribution in [0.2, 0.25) is 0 Å². The maximum atomic E-state index is 12.6. The van der Waals surface area contributed by atoms with Crippen LogP contribution in [0.1, 0.15) is 32.2 Å². The first-order valence-corrected chi connectivity index (χ1v) is 11.3. The van der Waals surface area contributed by atoms with Crippen molar-refractivity contribution in [2.24, 2.45) is 10.2 Å². The molecule has 2 N–H and O–H groups in total. The summed E-state index contributed by atoms with van der Waals surface area (Å²) in [4.78, 5) is 24.9. The molecule has 0 radical (unpaired) electrons. The van der Waals surface area contributed by atoms with Gasteiger partial charge in [-0.25, -0.2) is 0 Å². The fourth-order valence-corrected chi connectivity index (χ4v) is 3.88. The summed E-state index contributed by atoms with van der Waals surface area (Å²) < 4.78 is 12.3. The average molecular weight is 495 g/mol. The zero-order valence-electron chi connectivity index (χ0n) is 19.7. The molecule has 0 saturated heterocycles. The summed E-state index contributed by atoms with van der Waals surface area (Å²) in [5.74, 6) is -1.04. The van der Waals surface area contributed by atoms with E-state index in [9.17, 15) is 19.8 Å². The van der Waals surface area contributed by atoms with Crippen molar-refractivity contribution in [2.75, 3.05) is 0 Å². The number of azo groups is 1. The summed E-state index contributed by atoms with van der Waals surface area (Å²) in [6, 6.07) is 23.7. The molecule has 9 heteroatoms. The molecule has 2 amide bonds. The third-order valence-corrected chi connectivity index (χ3v) is 5.76.